The number of benzene rings is 1. The summed E-state index contributed by atoms with van der Waals surface area (Å²) < 4.78 is 26.0. The van der Waals surface area contributed by atoms with E-state index >= 15 is 0 Å². The molecule has 1 aliphatic rings. The molecule has 9 heteroatoms. The lowest BCUT2D eigenvalue weighted by atomic mass is 9.89. The Hall–Kier alpha value is -1.33. The van der Waals surface area contributed by atoms with E-state index in [1.807, 2.05) is 13.8 Å². The molecule has 1 heterocycles. The molecule has 1 aromatic rings. The first kappa shape index (κ1) is 23.7. The summed E-state index contributed by atoms with van der Waals surface area (Å²) in [7, 11) is -2.62. The molecule has 1 aliphatic heterocycles. The van der Waals surface area contributed by atoms with Crippen molar-refractivity contribution in [2.45, 2.75) is 50.0 Å². The van der Waals surface area contributed by atoms with Gasteiger partial charge in [-0.2, -0.15) is 0 Å². The molecule has 0 saturated carbocycles. The fraction of sp³-hybridized carbons (Fsp3) is 0.500. The number of carbonyl (C=O) groups is 1. The van der Waals surface area contributed by atoms with Gasteiger partial charge in [0.1, 0.15) is 0 Å². The van der Waals surface area contributed by atoms with Crippen LogP contribution in [0.25, 0.3) is 5.76 Å². The van der Waals surface area contributed by atoms with Crippen LogP contribution >= 0.6 is 24.0 Å². The first-order chi connectivity index (χ1) is 12.2. The Kier molecular flexibility index (Phi) is 8.12. The Morgan fingerprint density at radius 1 is 1.26 bits per heavy atom. The molecule has 1 aromatic carbocycles. The summed E-state index contributed by atoms with van der Waals surface area (Å²) in [4.78, 5) is 12.5. The molecular formula is C18H28IN3O4S. The molecule has 2 rings (SSSR count). The second-order valence-corrected chi connectivity index (χ2v) is 8.53. The highest BCUT2D eigenvalue weighted by atomic mass is 127. The van der Waals surface area contributed by atoms with Gasteiger partial charge in [-0.25, -0.2) is 8.42 Å². The number of fused-ring (bicyclic) bond motifs is 1. The van der Waals surface area contributed by atoms with Gasteiger partial charge in [-0.15, -0.1) is 24.0 Å². The summed E-state index contributed by atoms with van der Waals surface area (Å²) in [5, 5.41) is 13.1. The lowest BCUT2D eigenvalue weighted by Gasteiger charge is -2.29. The number of nitrogens with two attached hydrogens (primary N) is 1. The minimum Gasteiger partial charge on any atom is -0.505 e. The van der Waals surface area contributed by atoms with Gasteiger partial charge in [-0.3, -0.25) is 9.10 Å². The Morgan fingerprint density at radius 2 is 1.85 bits per heavy atom. The van der Waals surface area contributed by atoms with Gasteiger partial charge in [0.15, 0.2) is 11.5 Å². The maximum atomic E-state index is 12.6. The average molecular weight is 509 g/mol. The highest BCUT2D eigenvalue weighted by Gasteiger charge is 2.37. The maximum Gasteiger partial charge on any atom is 0.272 e. The topological polar surface area (TPSA) is 113 Å². The van der Waals surface area contributed by atoms with E-state index in [4.69, 9.17) is 5.73 Å². The summed E-state index contributed by atoms with van der Waals surface area (Å²) in [6.45, 7) is 4.42. The number of sulfonamides is 1. The van der Waals surface area contributed by atoms with Gasteiger partial charge in [-0.1, -0.05) is 26.0 Å². The van der Waals surface area contributed by atoms with Crippen LogP contribution in [0.15, 0.2) is 34.9 Å². The summed E-state index contributed by atoms with van der Waals surface area (Å²) in [5.41, 5.74) is 5.85. The third-order valence-corrected chi connectivity index (χ3v) is 6.90. The number of rotatable bonds is 7. The first-order valence-electron chi connectivity index (χ1n) is 8.76. The Balaban J connectivity index is 0.00000364. The van der Waals surface area contributed by atoms with Gasteiger partial charge in [0, 0.05) is 24.7 Å². The van der Waals surface area contributed by atoms with Crippen LogP contribution in [0.3, 0.4) is 0 Å². The van der Waals surface area contributed by atoms with E-state index in [9.17, 15) is 18.3 Å². The van der Waals surface area contributed by atoms with Crippen LogP contribution in [0.2, 0.25) is 0 Å². The van der Waals surface area contributed by atoms with E-state index in [0.717, 1.165) is 23.6 Å². The summed E-state index contributed by atoms with van der Waals surface area (Å²) in [6.07, 6.45) is 3.12. The van der Waals surface area contributed by atoms with Crippen LogP contribution in [0.4, 0.5) is 0 Å². The third kappa shape index (κ3) is 4.75. The molecule has 0 bridgehead atoms. The molecule has 0 aliphatic carbocycles. The maximum absolute atomic E-state index is 12.6. The van der Waals surface area contributed by atoms with E-state index in [1.165, 1.54) is 19.2 Å². The zero-order valence-corrected chi connectivity index (χ0v) is 19.0. The molecule has 152 valence electrons. The fourth-order valence-corrected chi connectivity index (χ4v) is 4.41. The van der Waals surface area contributed by atoms with Gasteiger partial charge in [-0.05, 0) is 37.8 Å². The van der Waals surface area contributed by atoms with E-state index in [-0.39, 0.29) is 51.4 Å². The number of hydrogen-bond acceptors (Lipinski definition) is 5. The van der Waals surface area contributed by atoms with Gasteiger partial charge in [0.2, 0.25) is 0 Å². The number of amides is 1. The molecule has 27 heavy (non-hydrogen) atoms. The van der Waals surface area contributed by atoms with E-state index in [1.54, 1.807) is 12.1 Å². The molecule has 0 radical (unpaired) electrons. The number of carbonyl (C=O) groups excluding carboxylic acids is 1. The smallest absolute Gasteiger partial charge is 0.272 e. The van der Waals surface area contributed by atoms with Gasteiger partial charge in [0.25, 0.3) is 15.9 Å². The summed E-state index contributed by atoms with van der Waals surface area (Å²) in [6, 6.07) is 6.07. The lowest BCUT2D eigenvalue weighted by Crippen LogP contribution is -2.41. The van der Waals surface area contributed by atoms with Crippen molar-refractivity contribution in [1.29, 1.82) is 0 Å². The van der Waals surface area contributed by atoms with Crippen molar-refractivity contribution >= 4 is 45.7 Å². The number of halogens is 1. The second kappa shape index (κ2) is 9.24. The molecule has 0 aromatic heterocycles. The monoisotopic (exact) mass is 509 g/mol. The van der Waals surface area contributed by atoms with Crippen LogP contribution in [0.5, 0.6) is 0 Å². The number of aliphatic hydroxyl groups is 1. The Morgan fingerprint density at radius 3 is 2.44 bits per heavy atom. The van der Waals surface area contributed by atoms with E-state index < -0.39 is 15.9 Å². The van der Waals surface area contributed by atoms with Gasteiger partial charge in [0.05, 0.1) is 4.90 Å². The molecule has 7 nitrogen and oxygen atoms in total. The van der Waals surface area contributed by atoms with Crippen LogP contribution < -0.4 is 11.1 Å². The number of nitrogens with one attached hydrogen (secondary N) is 1. The van der Waals surface area contributed by atoms with Crippen molar-refractivity contribution in [3.05, 3.63) is 35.5 Å². The first-order valence-corrected chi connectivity index (χ1v) is 10.2. The zero-order chi connectivity index (χ0) is 19.5. The number of aliphatic hydroxyl groups excluding tert-OH is 1. The summed E-state index contributed by atoms with van der Waals surface area (Å²) >= 11 is 0. The number of nitrogens with zero attached hydrogens (tertiary/aromatic N) is 1. The molecule has 0 saturated heterocycles. The summed E-state index contributed by atoms with van der Waals surface area (Å²) in [5.74, 6) is -0.968. The second-order valence-electron chi connectivity index (χ2n) is 6.59. The van der Waals surface area contributed by atoms with Gasteiger partial charge < -0.3 is 16.2 Å². The van der Waals surface area contributed by atoms with Crippen molar-refractivity contribution in [1.82, 2.24) is 9.62 Å². The normalized spacial score (nSPS) is 15.8. The molecule has 0 spiro atoms. The van der Waals surface area contributed by atoms with E-state index in [2.05, 4.69) is 5.32 Å². The highest BCUT2D eigenvalue weighted by Crippen LogP contribution is 2.34. The molecular weight excluding hydrogens is 481 g/mol. The number of hydrogen-bond donors (Lipinski definition) is 3. The van der Waals surface area contributed by atoms with Crippen LogP contribution in [-0.2, 0) is 14.8 Å². The van der Waals surface area contributed by atoms with Crippen molar-refractivity contribution < 1.29 is 18.3 Å². The zero-order valence-electron chi connectivity index (χ0n) is 15.9. The van der Waals surface area contributed by atoms with Crippen molar-refractivity contribution in [3.8, 4) is 0 Å². The predicted molar refractivity (Wildman–Crippen MR) is 116 cm³/mol. The van der Waals surface area contributed by atoms with Crippen molar-refractivity contribution in [2.75, 3.05) is 13.6 Å². The predicted octanol–water partition coefficient (Wildman–Crippen LogP) is 2.58. The fourth-order valence-electron chi connectivity index (χ4n) is 3.01. The Bertz CT molecular complexity index is 820. The lowest BCUT2D eigenvalue weighted by molar-refractivity contribution is -0.118. The van der Waals surface area contributed by atoms with Crippen molar-refractivity contribution in [3.63, 3.8) is 0 Å². The van der Waals surface area contributed by atoms with Crippen LogP contribution in [0.1, 0.15) is 45.1 Å². The van der Waals surface area contributed by atoms with Crippen LogP contribution in [0, 0.1) is 0 Å². The highest BCUT2D eigenvalue weighted by molar-refractivity contribution is 14.0. The minimum atomic E-state index is -3.87. The average Bonchev–Trinajstić information content (AvgIpc) is 2.64. The van der Waals surface area contributed by atoms with Gasteiger partial charge >= 0.3 is 0 Å². The molecule has 0 unspecified atom stereocenters. The van der Waals surface area contributed by atoms with E-state index in [0.29, 0.717) is 13.0 Å². The third-order valence-electron chi connectivity index (χ3n) is 5.08. The SMILES string of the molecule is CCC(N)(CC)CCCNC(=O)C1=C(O)c2ccccc2S(=O)(=O)N1C.I. The van der Waals surface area contributed by atoms with Crippen molar-refractivity contribution in [2.24, 2.45) is 5.73 Å². The quantitative estimate of drug-likeness (QED) is 0.387. The minimum absolute atomic E-state index is 0. The molecule has 0 fully saturated rings. The Labute approximate surface area is 178 Å². The van der Waals surface area contributed by atoms with Crippen LogP contribution in [-0.4, -0.2) is 42.9 Å². The number of likely N-dealkylation sites (N-methyl/N-ethyl adjacent to an activating group) is 1. The largest absolute Gasteiger partial charge is 0.505 e. The molecule has 4 N–H and O–H groups in total. The molecule has 1 amide bonds. The standard InChI is InChI=1S/C18H27N3O4S.HI/c1-4-18(19,5-2)11-8-12-20-17(23)15-16(22)13-9-6-7-10-14(13)26(24,25)21(15)3;/h6-7,9-10,22H,4-5,8,11-12,19H2,1-3H3,(H,20,23);1H. The molecule has 0 atom stereocenters.